The van der Waals surface area contributed by atoms with Crippen molar-refractivity contribution in [3.63, 3.8) is 0 Å². The van der Waals surface area contributed by atoms with Crippen molar-refractivity contribution < 1.29 is 18.3 Å². The molecule has 0 aliphatic carbocycles. The third-order valence-electron chi connectivity index (χ3n) is 3.49. The fourth-order valence-electron chi connectivity index (χ4n) is 2.35. The highest BCUT2D eigenvalue weighted by atomic mass is 19.1. The molecule has 0 saturated heterocycles. The summed E-state index contributed by atoms with van der Waals surface area (Å²) in [5, 5.41) is 4.13. The molecule has 0 spiro atoms. The zero-order chi connectivity index (χ0) is 16.4. The topological polar surface area (TPSA) is 38.3 Å². The number of fused-ring (bicyclic) bond motifs is 1. The average molecular weight is 313 g/mol. The molecule has 0 heterocycles. The molecule has 0 radical (unpaired) electrons. The number of carbonyl (C=O) groups excluding carboxylic acids is 1. The lowest BCUT2D eigenvalue weighted by Gasteiger charge is -2.11. The quantitative estimate of drug-likeness (QED) is 0.779. The van der Waals surface area contributed by atoms with Crippen LogP contribution in [0, 0.1) is 11.6 Å². The molecule has 0 aliphatic rings. The minimum Gasteiger partial charge on any atom is -0.496 e. The molecule has 3 nitrogen and oxygen atoms in total. The summed E-state index contributed by atoms with van der Waals surface area (Å²) < 4.78 is 32.1. The zero-order valence-corrected chi connectivity index (χ0v) is 12.3. The molecule has 0 aromatic heterocycles. The van der Waals surface area contributed by atoms with Gasteiger partial charge in [-0.2, -0.15) is 0 Å². The van der Waals surface area contributed by atoms with E-state index in [9.17, 15) is 13.6 Å². The summed E-state index contributed by atoms with van der Waals surface area (Å²) in [5.41, 5.74) is 0.0278. The highest BCUT2D eigenvalue weighted by Crippen LogP contribution is 2.27. The standard InChI is InChI=1S/C18H13F2NO2/c1-23-17-9-12-5-3-2-4-11(12)8-14(17)18(22)21-16-10-13(19)6-7-15(16)20/h2-10H,1H3,(H,21,22). The predicted octanol–water partition coefficient (Wildman–Crippen LogP) is 4.38. The molecule has 3 aromatic rings. The van der Waals surface area contributed by atoms with E-state index in [1.54, 1.807) is 12.1 Å². The van der Waals surface area contributed by atoms with Crippen LogP contribution in [0.3, 0.4) is 0 Å². The van der Waals surface area contributed by atoms with E-state index in [2.05, 4.69) is 5.32 Å². The van der Waals surface area contributed by atoms with Gasteiger partial charge in [0.05, 0.1) is 18.4 Å². The number of carbonyl (C=O) groups is 1. The van der Waals surface area contributed by atoms with Crippen LogP contribution in [0.4, 0.5) is 14.5 Å². The number of ether oxygens (including phenoxy) is 1. The van der Waals surface area contributed by atoms with Crippen LogP contribution in [0.5, 0.6) is 5.75 Å². The van der Waals surface area contributed by atoms with Gasteiger partial charge in [0, 0.05) is 6.07 Å². The Hall–Kier alpha value is -2.95. The number of hydrogen-bond donors (Lipinski definition) is 1. The molecule has 116 valence electrons. The largest absolute Gasteiger partial charge is 0.496 e. The Morgan fingerprint density at radius 1 is 1.00 bits per heavy atom. The number of anilines is 1. The van der Waals surface area contributed by atoms with Crippen molar-refractivity contribution in [1.29, 1.82) is 0 Å². The van der Waals surface area contributed by atoms with Crippen molar-refractivity contribution in [3.05, 3.63) is 71.8 Å². The predicted molar refractivity (Wildman–Crippen MR) is 84.8 cm³/mol. The Morgan fingerprint density at radius 2 is 1.70 bits per heavy atom. The van der Waals surface area contributed by atoms with Crippen molar-refractivity contribution in [3.8, 4) is 5.75 Å². The van der Waals surface area contributed by atoms with Crippen LogP contribution in [-0.2, 0) is 0 Å². The third-order valence-corrected chi connectivity index (χ3v) is 3.49. The first kappa shape index (κ1) is 15.0. The van der Waals surface area contributed by atoms with Crippen LogP contribution < -0.4 is 10.1 Å². The molecule has 5 heteroatoms. The van der Waals surface area contributed by atoms with Gasteiger partial charge in [-0.1, -0.05) is 24.3 Å². The van der Waals surface area contributed by atoms with Gasteiger partial charge in [-0.15, -0.1) is 0 Å². The molecular formula is C18H13F2NO2. The fourth-order valence-corrected chi connectivity index (χ4v) is 2.35. The molecule has 0 saturated carbocycles. The molecule has 0 fully saturated rings. The molecule has 0 aliphatic heterocycles. The van der Waals surface area contributed by atoms with Gasteiger partial charge in [0.2, 0.25) is 0 Å². The van der Waals surface area contributed by atoms with Gasteiger partial charge in [0.15, 0.2) is 0 Å². The van der Waals surface area contributed by atoms with E-state index in [0.29, 0.717) is 5.75 Å². The minimum atomic E-state index is -0.709. The van der Waals surface area contributed by atoms with Gasteiger partial charge >= 0.3 is 0 Å². The normalized spacial score (nSPS) is 10.6. The van der Waals surface area contributed by atoms with Gasteiger partial charge < -0.3 is 10.1 Å². The maximum absolute atomic E-state index is 13.7. The highest BCUT2D eigenvalue weighted by molar-refractivity contribution is 6.08. The first-order valence-corrected chi connectivity index (χ1v) is 6.91. The van der Waals surface area contributed by atoms with Crippen LogP contribution in [0.15, 0.2) is 54.6 Å². The van der Waals surface area contributed by atoms with Crippen LogP contribution in [0.1, 0.15) is 10.4 Å². The van der Waals surface area contributed by atoms with Crippen LogP contribution in [0.2, 0.25) is 0 Å². The third kappa shape index (κ3) is 2.99. The smallest absolute Gasteiger partial charge is 0.259 e. The summed E-state index contributed by atoms with van der Waals surface area (Å²) >= 11 is 0. The van der Waals surface area contributed by atoms with Gasteiger partial charge in [-0.05, 0) is 35.0 Å². The number of methoxy groups -OCH3 is 1. The minimum absolute atomic E-state index is 0.217. The lowest BCUT2D eigenvalue weighted by Crippen LogP contribution is -2.14. The number of hydrogen-bond acceptors (Lipinski definition) is 2. The number of halogens is 2. The van der Waals surface area contributed by atoms with Crippen molar-refractivity contribution >= 4 is 22.4 Å². The Labute approximate surface area is 131 Å². The molecule has 1 N–H and O–H groups in total. The van der Waals surface area contributed by atoms with E-state index in [4.69, 9.17) is 4.74 Å². The summed E-state index contributed by atoms with van der Waals surface area (Å²) in [6, 6.07) is 13.7. The van der Waals surface area contributed by atoms with Gasteiger partial charge in [-0.3, -0.25) is 4.79 Å². The highest BCUT2D eigenvalue weighted by Gasteiger charge is 2.16. The first-order valence-electron chi connectivity index (χ1n) is 6.91. The SMILES string of the molecule is COc1cc2ccccc2cc1C(=O)Nc1cc(F)ccc1F. The average Bonchev–Trinajstić information content (AvgIpc) is 2.56. The van der Waals surface area contributed by atoms with Crippen molar-refractivity contribution in [2.75, 3.05) is 12.4 Å². The first-order chi connectivity index (χ1) is 11.1. The van der Waals surface area contributed by atoms with Crippen molar-refractivity contribution in [1.82, 2.24) is 0 Å². The molecule has 0 unspecified atom stereocenters. The van der Waals surface area contributed by atoms with Gasteiger partial charge in [0.1, 0.15) is 17.4 Å². The molecule has 1 amide bonds. The number of nitrogens with one attached hydrogen (secondary N) is 1. The lowest BCUT2D eigenvalue weighted by molar-refractivity contribution is 0.102. The van der Waals surface area contributed by atoms with E-state index in [1.165, 1.54) is 7.11 Å². The second-order valence-corrected chi connectivity index (χ2v) is 4.98. The number of amides is 1. The maximum Gasteiger partial charge on any atom is 0.259 e. The summed E-state index contributed by atoms with van der Waals surface area (Å²) in [6.07, 6.45) is 0. The molecule has 0 bridgehead atoms. The Balaban J connectivity index is 2.01. The number of benzene rings is 3. The van der Waals surface area contributed by atoms with E-state index in [-0.39, 0.29) is 11.3 Å². The van der Waals surface area contributed by atoms with Crippen LogP contribution in [0.25, 0.3) is 10.8 Å². The fraction of sp³-hybridized carbons (Fsp3) is 0.0556. The molecular weight excluding hydrogens is 300 g/mol. The van der Waals surface area contributed by atoms with E-state index in [0.717, 1.165) is 29.0 Å². The molecule has 3 aromatic carbocycles. The maximum atomic E-state index is 13.7. The molecule has 0 atom stereocenters. The Bertz CT molecular complexity index is 893. The van der Waals surface area contributed by atoms with E-state index < -0.39 is 17.5 Å². The summed E-state index contributed by atoms with van der Waals surface area (Å²) in [4.78, 5) is 12.4. The second kappa shape index (κ2) is 6.04. The molecule has 23 heavy (non-hydrogen) atoms. The number of rotatable bonds is 3. The van der Waals surface area contributed by atoms with Gasteiger partial charge in [-0.25, -0.2) is 8.78 Å². The Kier molecular flexibility index (Phi) is 3.93. The Morgan fingerprint density at radius 3 is 2.39 bits per heavy atom. The monoisotopic (exact) mass is 313 g/mol. The zero-order valence-electron chi connectivity index (χ0n) is 12.3. The van der Waals surface area contributed by atoms with Crippen LogP contribution in [-0.4, -0.2) is 13.0 Å². The van der Waals surface area contributed by atoms with Crippen molar-refractivity contribution in [2.24, 2.45) is 0 Å². The molecule has 3 rings (SSSR count). The van der Waals surface area contributed by atoms with E-state index >= 15 is 0 Å². The second-order valence-electron chi connectivity index (χ2n) is 4.98. The van der Waals surface area contributed by atoms with Gasteiger partial charge in [0.25, 0.3) is 5.91 Å². The van der Waals surface area contributed by atoms with E-state index in [1.807, 2.05) is 24.3 Å². The lowest BCUT2D eigenvalue weighted by atomic mass is 10.1. The summed E-state index contributed by atoms with van der Waals surface area (Å²) in [6.45, 7) is 0. The summed E-state index contributed by atoms with van der Waals surface area (Å²) in [7, 11) is 1.45. The van der Waals surface area contributed by atoms with Crippen LogP contribution >= 0.6 is 0 Å². The summed E-state index contributed by atoms with van der Waals surface area (Å²) in [5.74, 6) is -1.55. The van der Waals surface area contributed by atoms with Crippen molar-refractivity contribution in [2.45, 2.75) is 0 Å².